The quantitative estimate of drug-likeness (QED) is 0.774. The number of rotatable bonds is 4. The van der Waals surface area contributed by atoms with E-state index in [0.717, 1.165) is 42.4 Å². The summed E-state index contributed by atoms with van der Waals surface area (Å²) < 4.78 is 18.7. The predicted octanol–water partition coefficient (Wildman–Crippen LogP) is 3.59. The number of aromatic nitrogens is 3. The van der Waals surface area contributed by atoms with Crippen LogP contribution < -0.4 is 4.90 Å². The molecule has 2 aliphatic heterocycles. The molecule has 1 aliphatic carbocycles. The molecule has 2 aromatic rings. The Hall–Kier alpha value is -2.03. The Morgan fingerprint density at radius 3 is 2.75 bits per heavy atom. The lowest BCUT2D eigenvalue weighted by molar-refractivity contribution is -0.137. The first-order chi connectivity index (χ1) is 13.6. The zero-order chi connectivity index (χ0) is 19.3. The van der Waals surface area contributed by atoms with E-state index in [0.29, 0.717) is 17.8 Å². The fourth-order valence-corrected chi connectivity index (χ4v) is 5.66. The summed E-state index contributed by atoms with van der Waals surface area (Å²) in [4.78, 5) is 22.6. The summed E-state index contributed by atoms with van der Waals surface area (Å²) in [5.41, 5.74) is 0. The molecule has 3 aliphatic rings. The van der Waals surface area contributed by atoms with E-state index in [1.807, 2.05) is 0 Å². The van der Waals surface area contributed by atoms with E-state index in [9.17, 15) is 9.18 Å². The standard InChI is InChI=1S/C19H24FN5O2S/c1-11(20)16-22-23-17(27-16)15-8-21-19(28-15)25-10-13-7-14(25)9-24(13)18(26)12-5-3-2-4-6-12/h8,11-14H,2-7,9-10H2,1H3. The third kappa shape index (κ3) is 3.09. The van der Waals surface area contributed by atoms with Crippen LogP contribution in [0.25, 0.3) is 10.8 Å². The molecule has 5 rings (SSSR count). The molecule has 4 heterocycles. The average molecular weight is 405 g/mol. The molecule has 0 aromatic carbocycles. The number of alkyl halides is 1. The molecule has 150 valence electrons. The third-order valence-electron chi connectivity index (χ3n) is 6.21. The van der Waals surface area contributed by atoms with Gasteiger partial charge in [0, 0.05) is 19.0 Å². The van der Waals surface area contributed by atoms with Crippen LogP contribution in [0.2, 0.25) is 0 Å². The van der Waals surface area contributed by atoms with Crippen molar-refractivity contribution < 1.29 is 13.6 Å². The second kappa shape index (κ2) is 7.09. The highest BCUT2D eigenvalue weighted by molar-refractivity contribution is 7.18. The number of piperazine rings is 1. The highest BCUT2D eigenvalue weighted by Gasteiger charge is 2.47. The van der Waals surface area contributed by atoms with Gasteiger partial charge in [-0.15, -0.1) is 10.2 Å². The van der Waals surface area contributed by atoms with Crippen molar-refractivity contribution in [2.75, 3.05) is 18.0 Å². The molecule has 3 fully saturated rings. The molecule has 28 heavy (non-hydrogen) atoms. The van der Waals surface area contributed by atoms with Crippen LogP contribution in [0.4, 0.5) is 9.52 Å². The molecule has 2 bridgehead atoms. The second-order valence-electron chi connectivity index (χ2n) is 8.09. The zero-order valence-corrected chi connectivity index (χ0v) is 16.7. The van der Waals surface area contributed by atoms with Gasteiger partial charge in [-0.05, 0) is 26.2 Å². The Kier molecular flexibility index (Phi) is 4.57. The van der Waals surface area contributed by atoms with Crippen LogP contribution in [0.3, 0.4) is 0 Å². The second-order valence-corrected chi connectivity index (χ2v) is 9.10. The first-order valence-corrected chi connectivity index (χ1v) is 10.9. The van der Waals surface area contributed by atoms with Gasteiger partial charge in [0.05, 0.1) is 18.3 Å². The lowest BCUT2D eigenvalue weighted by atomic mass is 9.88. The number of carbonyl (C=O) groups is 1. The number of carbonyl (C=O) groups excluding carboxylic acids is 1. The number of likely N-dealkylation sites (tertiary alicyclic amines) is 1. The molecule has 3 unspecified atom stereocenters. The van der Waals surface area contributed by atoms with Crippen molar-refractivity contribution in [2.45, 2.75) is 63.7 Å². The van der Waals surface area contributed by atoms with Crippen LogP contribution in [0.1, 0.15) is 57.5 Å². The molecule has 9 heteroatoms. The van der Waals surface area contributed by atoms with Crippen LogP contribution in [-0.4, -0.2) is 51.2 Å². The number of nitrogens with zero attached hydrogens (tertiary/aromatic N) is 5. The van der Waals surface area contributed by atoms with Crippen molar-refractivity contribution in [3.05, 3.63) is 12.1 Å². The molecule has 0 radical (unpaired) electrons. The first kappa shape index (κ1) is 18.0. The summed E-state index contributed by atoms with van der Waals surface area (Å²) in [5, 5.41) is 8.57. The fourth-order valence-electron chi connectivity index (χ4n) is 4.75. The molecule has 2 aromatic heterocycles. The maximum Gasteiger partial charge on any atom is 0.259 e. The summed E-state index contributed by atoms with van der Waals surface area (Å²) in [6.07, 6.45) is 7.17. The topological polar surface area (TPSA) is 75.4 Å². The third-order valence-corrected chi connectivity index (χ3v) is 7.23. The van der Waals surface area contributed by atoms with Crippen molar-refractivity contribution in [1.29, 1.82) is 0 Å². The minimum atomic E-state index is -1.28. The smallest absolute Gasteiger partial charge is 0.259 e. The van der Waals surface area contributed by atoms with E-state index in [1.54, 1.807) is 6.20 Å². The van der Waals surface area contributed by atoms with E-state index in [4.69, 9.17) is 4.42 Å². The van der Waals surface area contributed by atoms with Crippen LogP contribution in [0.15, 0.2) is 10.6 Å². The molecule has 0 spiro atoms. The number of amides is 1. The van der Waals surface area contributed by atoms with Gasteiger partial charge in [0.2, 0.25) is 5.91 Å². The summed E-state index contributed by atoms with van der Waals surface area (Å²) in [6.45, 7) is 2.99. The van der Waals surface area contributed by atoms with Crippen LogP contribution in [0.5, 0.6) is 0 Å². The molecule has 7 nitrogen and oxygen atoms in total. The van der Waals surface area contributed by atoms with E-state index >= 15 is 0 Å². The fraction of sp³-hybridized carbons (Fsp3) is 0.684. The molecular formula is C19H24FN5O2S. The van der Waals surface area contributed by atoms with Gasteiger partial charge in [0.25, 0.3) is 11.8 Å². The minimum Gasteiger partial charge on any atom is -0.417 e. The van der Waals surface area contributed by atoms with Crippen molar-refractivity contribution in [1.82, 2.24) is 20.1 Å². The highest BCUT2D eigenvalue weighted by atomic mass is 32.1. The molecule has 2 saturated heterocycles. The van der Waals surface area contributed by atoms with Gasteiger partial charge in [0.15, 0.2) is 11.3 Å². The van der Waals surface area contributed by atoms with Gasteiger partial charge in [-0.3, -0.25) is 4.79 Å². The summed E-state index contributed by atoms with van der Waals surface area (Å²) in [5.74, 6) is 0.895. The summed E-state index contributed by atoms with van der Waals surface area (Å²) in [7, 11) is 0. The minimum absolute atomic E-state index is 0.0120. The van der Waals surface area contributed by atoms with E-state index in [2.05, 4.69) is 25.0 Å². The number of anilines is 1. The SMILES string of the molecule is CC(F)c1nnc(-c2cnc(N3CC4CC3CN4C(=O)C3CCCCC3)s2)o1. The molecular weight excluding hydrogens is 381 g/mol. The number of fused-ring (bicyclic) bond motifs is 2. The van der Waals surface area contributed by atoms with Crippen LogP contribution >= 0.6 is 11.3 Å². The zero-order valence-electron chi connectivity index (χ0n) is 15.9. The van der Waals surface area contributed by atoms with Crippen LogP contribution in [-0.2, 0) is 4.79 Å². The largest absolute Gasteiger partial charge is 0.417 e. The Bertz CT molecular complexity index is 862. The van der Waals surface area contributed by atoms with E-state index < -0.39 is 6.17 Å². The maximum absolute atomic E-state index is 13.3. The van der Waals surface area contributed by atoms with Gasteiger partial charge in [-0.25, -0.2) is 9.37 Å². The monoisotopic (exact) mass is 405 g/mol. The van der Waals surface area contributed by atoms with Gasteiger partial charge in [-0.1, -0.05) is 30.6 Å². The van der Waals surface area contributed by atoms with E-state index in [-0.39, 0.29) is 17.9 Å². The van der Waals surface area contributed by atoms with Gasteiger partial charge >= 0.3 is 0 Å². The van der Waals surface area contributed by atoms with Crippen LogP contribution in [0, 0.1) is 5.92 Å². The Morgan fingerprint density at radius 1 is 1.25 bits per heavy atom. The first-order valence-electron chi connectivity index (χ1n) is 10.1. The van der Waals surface area contributed by atoms with Gasteiger partial charge in [0.1, 0.15) is 4.88 Å². The summed E-state index contributed by atoms with van der Waals surface area (Å²) in [6, 6.07) is 0.606. The summed E-state index contributed by atoms with van der Waals surface area (Å²) >= 11 is 1.48. The number of thiazole rings is 1. The lowest BCUT2D eigenvalue weighted by Gasteiger charge is -2.36. The number of hydrogen-bond donors (Lipinski definition) is 0. The Balaban J connectivity index is 1.26. The average Bonchev–Trinajstić information content (AvgIpc) is 3.50. The van der Waals surface area contributed by atoms with Crippen molar-refractivity contribution in [2.24, 2.45) is 5.92 Å². The lowest BCUT2D eigenvalue weighted by Crippen LogP contribution is -2.50. The van der Waals surface area contributed by atoms with Crippen molar-refractivity contribution >= 4 is 22.4 Å². The van der Waals surface area contributed by atoms with E-state index in [1.165, 1.54) is 37.5 Å². The van der Waals surface area contributed by atoms with Crippen molar-refractivity contribution in [3.63, 3.8) is 0 Å². The van der Waals surface area contributed by atoms with Crippen molar-refractivity contribution in [3.8, 4) is 10.8 Å². The molecule has 1 saturated carbocycles. The Morgan fingerprint density at radius 2 is 2.07 bits per heavy atom. The molecule has 1 amide bonds. The molecule has 0 N–H and O–H groups in total. The van der Waals surface area contributed by atoms with Gasteiger partial charge < -0.3 is 14.2 Å². The maximum atomic E-state index is 13.3. The highest BCUT2D eigenvalue weighted by Crippen LogP contribution is 2.40. The number of halogens is 1. The predicted molar refractivity (Wildman–Crippen MR) is 103 cm³/mol. The van der Waals surface area contributed by atoms with Gasteiger partial charge in [-0.2, -0.15) is 0 Å². The number of hydrogen-bond acceptors (Lipinski definition) is 7. The molecule has 3 atom stereocenters. The Labute approximate surface area is 166 Å². The normalized spacial score (nSPS) is 26.2.